The summed E-state index contributed by atoms with van der Waals surface area (Å²) < 4.78 is 18.3. The summed E-state index contributed by atoms with van der Waals surface area (Å²) in [5.41, 5.74) is 1.41. The van der Waals surface area contributed by atoms with E-state index in [1.54, 1.807) is 0 Å². The third-order valence-electron chi connectivity index (χ3n) is 5.01. The van der Waals surface area contributed by atoms with Gasteiger partial charge in [0, 0.05) is 0 Å². The first-order valence-corrected chi connectivity index (χ1v) is 8.70. The number of rotatable bonds is 4. The highest BCUT2D eigenvalue weighted by molar-refractivity contribution is 6.08. The van der Waals surface area contributed by atoms with Crippen molar-refractivity contribution in [2.45, 2.75) is 51.2 Å². The van der Waals surface area contributed by atoms with E-state index in [-0.39, 0.29) is 0 Å². The molecule has 1 heterocycles. The normalized spacial score (nSPS) is 26.6. The molecular weight excluding hydrogens is 341 g/mol. The van der Waals surface area contributed by atoms with E-state index in [2.05, 4.69) is 17.7 Å². The molecule has 8 heteroatoms. The first kappa shape index (κ1) is 18.2. The number of imide groups is 1. The van der Waals surface area contributed by atoms with E-state index >= 15 is 0 Å². The number of amides is 4. The van der Waals surface area contributed by atoms with Crippen LogP contribution in [0.2, 0.25) is 0 Å². The lowest BCUT2D eigenvalue weighted by atomic mass is 9.77. The average molecular weight is 363 g/mol. The zero-order valence-corrected chi connectivity index (χ0v) is 14.8. The van der Waals surface area contributed by atoms with Gasteiger partial charge >= 0.3 is 6.03 Å². The van der Waals surface area contributed by atoms with Crippen LogP contribution in [0.5, 0.6) is 5.75 Å². The summed E-state index contributed by atoms with van der Waals surface area (Å²) in [6.45, 7) is 3.59. The minimum atomic E-state index is -0.969. The second kappa shape index (κ2) is 6.93. The summed E-state index contributed by atoms with van der Waals surface area (Å²) in [6, 6.07) is 4.58. The number of nitrogens with zero attached hydrogens (tertiary/aromatic N) is 1. The summed E-state index contributed by atoms with van der Waals surface area (Å²) in [6.07, 6.45) is 1.85. The van der Waals surface area contributed by atoms with Gasteiger partial charge in [-0.1, -0.05) is 6.92 Å². The number of hydrogen-bond donors (Lipinski definition) is 2. The molecule has 0 bridgehead atoms. The Labute approximate surface area is 150 Å². The summed E-state index contributed by atoms with van der Waals surface area (Å²) >= 11 is 0. The van der Waals surface area contributed by atoms with Crippen molar-refractivity contribution in [3.8, 4) is 5.75 Å². The smallest absolute Gasteiger partial charge is 0.344 e. The molecule has 7 nitrogen and oxygen atoms in total. The molecule has 2 fully saturated rings. The fourth-order valence-electron chi connectivity index (χ4n) is 3.29. The van der Waals surface area contributed by atoms with Crippen LogP contribution in [0.25, 0.3) is 0 Å². The minimum absolute atomic E-state index is 0.309. The molecule has 3 rings (SSSR count). The number of urea groups is 1. The summed E-state index contributed by atoms with van der Waals surface area (Å²) in [7, 11) is 0. The molecule has 1 aromatic rings. The van der Waals surface area contributed by atoms with Gasteiger partial charge in [-0.2, -0.15) is 5.01 Å². The van der Waals surface area contributed by atoms with Gasteiger partial charge in [0.1, 0.15) is 17.1 Å². The van der Waals surface area contributed by atoms with Gasteiger partial charge < -0.3 is 10.1 Å². The molecule has 1 spiro atoms. The molecule has 1 saturated heterocycles. The third kappa shape index (κ3) is 3.49. The predicted octanol–water partition coefficient (Wildman–Crippen LogP) is 2.12. The Hall–Kier alpha value is -2.64. The monoisotopic (exact) mass is 363 g/mol. The molecule has 1 aliphatic heterocycles. The lowest BCUT2D eigenvalue weighted by molar-refractivity contribution is -0.142. The Bertz CT molecular complexity index is 714. The zero-order chi connectivity index (χ0) is 18.9. The van der Waals surface area contributed by atoms with Gasteiger partial charge in [0.25, 0.3) is 11.8 Å². The van der Waals surface area contributed by atoms with Gasteiger partial charge in [0.15, 0.2) is 6.10 Å². The molecule has 2 N–H and O–H groups in total. The number of carbonyl (C=O) groups excluding carboxylic acids is 3. The third-order valence-corrected chi connectivity index (χ3v) is 5.01. The minimum Gasteiger partial charge on any atom is -0.481 e. The molecule has 1 aliphatic carbocycles. The topological polar surface area (TPSA) is 87.7 Å². The van der Waals surface area contributed by atoms with Crippen LogP contribution in [0.3, 0.4) is 0 Å². The average Bonchev–Trinajstić information content (AvgIpc) is 2.84. The number of carbonyl (C=O) groups is 3. The Kier molecular flexibility index (Phi) is 4.84. The summed E-state index contributed by atoms with van der Waals surface area (Å²) in [5.74, 6) is -0.668. The van der Waals surface area contributed by atoms with Crippen LogP contribution >= 0.6 is 0 Å². The van der Waals surface area contributed by atoms with Crippen molar-refractivity contribution in [1.82, 2.24) is 15.8 Å². The van der Waals surface area contributed by atoms with Gasteiger partial charge in [0.05, 0.1) is 0 Å². The second-order valence-corrected chi connectivity index (χ2v) is 7.03. The molecule has 140 valence electrons. The fraction of sp³-hybridized carbons (Fsp3) is 0.500. The van der Waals surface area contributed by atoms with E-state index in [0.29, 0.717) is 24.5 Å². The van der Waals surface area contributed by atoms with Gasteiger partial charge in [-0.25, -0.2) is 9.18 Å². The zero-order valence-electron chi connectivity index (χ0n) is 14.8. The first-order valence-electron chi connectivity index (χ1n) is 8.70. The van der Waals surface area contributed by atoms with Crippen LogP contribution < -0.4 is 15.5 Å². The van der Waals surface area contributed by atoms with Crippen molar-refractivity contribution >= 4 is 17.8 Å². The highest BCUT2D eigenvalue weighted by atomic mass is 19.1. The molecule has 0 radical (unpaired) electrons. The van der Waals surface area contributed by atoms with Crippen molar-refractivity contribution < 1.29 is 23.5 Å². The van der Waals surface area contributed by atoms with E-state index < -0.39 is 35.3 Å². The van der Waals surface area contributed by atoms with E-state index in [4.69, 9.17) is 4.74 Å². The maximum atomic E-state index is 12.9. The molecule has 0 aromatic heterocycles. The number of hydrazine groups is 1. The van der Waals surface area contributed by atoms with Crippen LogP contribution in [-0.2, 0) is 9.59 Å². The molecule has 1 atom stereocenters. The fourth-order valence-corrected chi connectivity index (χ4v) is 3.29. The number of hydrogen-bond acceptors (Lipinski definition) is 4. The maximum Gasteiger partial charge on any atom is 0.344 e. The quantitative estimate of drug-likeness (QED) is 0.802. The number of ether oxygens (including phenoxy) is 1. The second-order valence-electron chi connectivity index (χ2n) is 7.03. The number of benzene rings is 1. The van der Waals surface area contributed by atoms with Crippen LogP contribution in [0, 0.1) is 11.7 Å². The van der Waals surface area contributed by atoms with E-state index in [1.165, 1.54) is 31.2 Å². The van der Waals surface area contributed by atoms with Crippen LogP contribution in [0.4, 0.5) is 9.18 Å². The Morgan fingerprint density at radius 2 is 1.92 bits per heavy atom. The standard InChI is InChI=1S/C18H22FN3O4/c1-11-7-9-18(10-8-11)16(24)22(17(25)20-18)21-15(23)12(2)26-14-5-3-13(19)4-6-14/h3-6,11-12H,7-10H2,1-2H3,(H,20,25)(H,21,23)/t11?,12-,18?/m0/s1. The Morgan fingerprint density at radius 3 is 2.54 bits per heavy atom. The van der Waals surface area contributed by atoms with Crippen molar-refractivity contribution in [1.29, 1.82) is 0 Å². The van der Waals surface area contributed by atoms with Crippen molar-refractivity contribution in [3.05, 3.63) is 30.1 Å². The van der Waals surface area contributed by atoms with Crippen LogP contribution in [0.1, 0.15) is 39.5 Å². The maximum absolute atomic E-state index is 12.9. The molecule has 0 unspecified atom stereocenters. The summed E-state index contributed by atoms with van der Waals surface area (Å²) in [4.78, 5) is 37.2. The van der Waals surface area contributed by atoms with Gasteiger partial charge in [-0.05, 0) is 62.8 Å². The Balaban J connectivity index is 1.62. The van der Waals surface area contributed by atoms with Crippen molar-refractivity contribution in [2.75, 3.05) is 0 Å². The highest BCUT2D eigenvalue weighted by Crippen LogP contribution is 2.35. The largest absolute Gasteiger partial charge is 0.481 e. The molecule has 4 amide bonds. The lowest BCUT2D eigenvalue weighted by Gasteiger charge is -2.33. The molecule has 1 saturated carbocycles. The van der Waals surface area contributed by atoms with Gasteiger partial charge in [-0.3, -0.25) is 15.0 Å². The molecular formula is C18H22FN3O4. The Morgan fingerprint density at radius 1 is 1.31 bits per heavy atom. The first-order chi connectivity index (χ1) is 12.3. The van der Waals surface area contributed by atoms with Crippen molar-refractivity contribution in [3.63, 3.8) is 0 Å². The number of halogens is 1. The van der Waals surface area contributed by atoms with E-state index in [1.807, 2.05) is 0 Å². The van der Waals surface area contributed by atoms with E-state index in [9.17, 15) is 18.8 Å². The van der Waals surface area contributed by atoms with Crippen molar-refractivity contribution in [2.24, 2.45) is 5.92 Å². The van der Waals surface area contributed by atoms with Gasteiger partial charge in [0.2, 0.25) is 0 Å². The number of nitrogens with one attached hydrogen (secondary N) is 2. The molecule has 26 heavy (non-hydrogen) atoms. The summed E-state index contributed by atoms with van der Waals surface area (Å²) in [5, 5.41) is 3.47. The van der Waals surface area contributed by atoms with Crippen LogP contribution in [-0.4, -0.2) is 34.5 Å². The molecule has 2 aliphatic rings. The van der Waals surface area contributed by atoms with Crippen LogP contribution in [0.15, 0.2) is 24.3 Å². The SMILES string of the molecule is CC1CCC2(CC1)NC(=O)N(NC(=O)[C@H](C)Oc1ccc(F)cc1)C2=O. The van der Waals surface area contributed by atoms with E-state index in [0.717, 1.165) is 17.9 Å². The predicted molar refractivity (Wildman–Crippen MR) is 90.4 cm³/mol. The molecule has 1 aromatic carbocycles. The van der Waals surface area contributed by atoms with Gasteiger partial charge in [-0.15, -0.1) is 0 Å². The lowest BCUT2D eigenvalue weighted by Crippen LogP contribution is -2.53. The highest BCUT2D eigenvalue weighted by Gasteiger charge is 2.53.